The van der Waals surface area contributed by atoms with Gasteiger partial charge in [-0.1, -0.05) is 0 Å². The molecule has 0 bridgehead atoms. The molecule has 0 aliphatic carbocycles. The lowest BCUT2D eigenvalue weighted by Crippen LogP contribution is -2.19. The molecule has 0 spiro atoms. The first-order chi connectivity index (χ1) is 7.83. The Morgan fingerprint density at radius 2 is 2.50 bits per heavy atom. The molecule has 3 rings (SSSR count). The van der Waals surface area contributed by atoms with Crippen LogP contribution in [0, 0.1) is 0 Å². The average molecular weight is 283 g/mol. The summed E-state index contributed by atoms with van der Waals surface area (Å²) in [6, 6.07) is 4.21. The molecule has 1 aliphatic rings. The normalized spacial score (nSPS) is 20.4. The summed E-state index contributed by atoms with van der Waals surface area (Å²) in [5.41, 5.74) is 0.823. The van der Waals surface area contributed by atoms with Crippen molar-refractivity contribution >= 4 is 27.5 Å². The maximum atomic E-state index is 5.29. The van der Waals surface area contributed by atoms with Gasteiger partial charge in [-0.3, -0.25) is 0 Å². The molecule has 1 fully saturated rings. The lowest BCUT2D eigenvalue weighted by Gasteiger charge is -2.06. The van der Waals surface area contributed by atoms with Crippen LogP contribution in [0.4, 0.5) is 5.95 Å². The second-order valence-electron chi connectivity index (χ2n) is 3.76. The largest absolute Gasteiger partial charge is 0.379 e. The SMILES string of the molecule is Brc1cccn2nc(NC3CCOC3)nc12. The standard InChI is InChI=1S/C10H11BrN4O/c11-8-2-1-4-15-9(8)13-10(14-15)12-7-3-5-16-6-7/h1-2,4,7H,3,5-6H2,(H,12,14). The highest BCUT2D eigenvalue weighted by Crippen LogP contribution is 2.18. The summed E-state index contributed by atoms with van der Waals surface area (Å²) in [6.07, 6.45) is 2.89. The van der Waals surface area contributed by atoms with E-state index < -0.39 is 0 Å². The average Bonchev–Trinajstić information content (AvgIpc) is 2.88. The summed E-state index contributed by atoms with van der Waals surface area (Å²) < 4.78 is 7.99. The smallest absolute Gasteiger partial charge is 0.243 e. The summed E-state index contributed by atoms with van der Waals surface area (Å²) >= 11 is 3.45. The molecule has 84 valence electrons. The fraction of sp³-hybridized carbons (Fsp3) is 0.400. The van der Waals surface area contributed by atoms with Crippen molar-refractivity contribution in [2.75, 3.05) is 18.5 Å². The minimum absolute atomic E-state index is 0.330. The van der Waals surface area contributed by atoms with Crippen molar-refractivity contribution in [2.45, 2.75) is 12.5 Å². The van der Waals surface area contributed by atoms with Gasteiger partial charge in [0, 0.05) is 12.8 Å². The Balaban J connectivity index is 1.90. The highest BCUT2D eigenvalue weighted by Gasteiger charge is 2.17. The number of hydrogen-bond donors (Lipinski definition) is 1. The summed E-state index contributed by atoms with van der Waals surface area (Å²) in [6.45, 7) is 1.55. The first kappa shape index (κ1) is 10.0. The first-order valence-electron chi connectivity index (χ1n) is 5.18. The summed E-state index contributed by atoms with van der Waals surface area (Å²) in [7, 11) is 0. The van der Waals surface area contributed by atoms with E-state index in [2.05, 4.69) is 31.3 Å². The third-order valence-corrected chi connectivity index (χ3v) is 3.20. The summed E-state index contributed by atoms with van der Waals surface area (Å²) in [5, 5.41) is 7.61. The molecule has 5 nitrogen and oxygen atoms in total. The number of aromatic nitrogens is 3. The van der Waals surface area contributed by atoms with Gasteiger partial charge in [0.05, 0.1) is 17.1 Å². The molecular weight excluding hydrogens is 272 g/mol. The molecule has 0 saturated carbocycles. The Labute approximate surface area is 101 Å². The molecule has 1 saturated heterocycles. The van der Waals surface area contributed by atoms with Gasteiger partial charge in [-0.2, -0.15) is 4.98 Å². The zero-order valence-electron chi connectivity index (χ0n) is 8.56. The Bertz CT molecular complexity index is 506. The number of nitrogens with zero attached hydrogens (tertiary/aromatic N) is 3. The van der Waals surface area contributed by atoms with Gasteiger partial charge in [0.1, 0.15) is 0 Å². The predicted molar refractivity (Wildman–Crippen MR) is 63.5 cm³/mol. The molecule has 6 heteroatoms. The van der Waals surface area contributed by atoms with Crippen LogP contribution in [0.15, 0.2) is 22.8 Å². The minimum Gasteiger partial charge on any atom is -0.379 e. The van der Waals surface area contributed by atoms with E-state index in [0.29, 0.717) is 12.0 Å². The Morgan fingerprint density at radius 1 is 1.56 bits per heavy atom. The number of hydrogen-bond acceptors (Lipinski definition) is 4. The van der Waals surface area contributed by atoms with E-state index in [0.717, 1.165) is 29.8 Å². The fourth-order valence-corrected chi connectivity index (χ4v) is 2.19. The number of fused-ring (bicyclic) bond motifs is 1. The Kier molecular flexibility index (Phi) is 2.53. The summed E-state index contributed by atoms with van der Waals surface area (Å²) in [5.74, 6) is 0.655. The van der Waals surface area contributed by atoms with Gasteiger partial charge in [-0.15, -0.1) is 5.10 Å². The maximum absolute atomic E-state index is 5.29. The van der Waals surface area contributed by atoms with Crippen molar-refractivity contribution in [1.29, 1.82) is 0 Å². The topological polar surface area (TPSA) is 51.5 Å². The van der Waals surface area contributed by atoms with E-state index in [4.69, 9.17) is 4.74 Å². The lowest BCUT2D eigenvalue weighted by atomic mass is 10.3. The Morgan fingerprint density at radius 3 is 3.25 bits per heavy atom. The monoisotopic (exact) mass is 282 g/mol. The number of halogens is 1. The molecular formula is C10H11BrN4O. The number of anilines is 1. The van der Waals surface area contributed by atoms with E-state index in [1.807, 2.05) is 18.3 Å². The van der Waals surface area contributed by atoms with Gasteiger partial charge in [-0.05, 0) is 34.5 Å². The van der Waals surface area contributed by atoms with E-state index >= 15 is 0 Å². The number of nitrogens with one attached hydrogen (secondary N) is 1. The Hall–Kier alpha value is -1.14. The van der Waals surface area contributed by atoms with E-state index in [9.17, 15) is 0 Å². The van der Waals surface area contributed by atoms with Crippen LogP contribution in [0.25, 0.3) is 5.65 Å². The zero-order valence-corrected chi connectivity index (χ0v) is 10.1. The van der Waals surface area contributed by atoms with Crippen LogP contribution in [0.2, 0.25) is 0 Å². The van der Waals surface area contributed by atoms with Crippen molar-refractivity contribution in [3.63, 3.8) is 0 Å². The van der Waals surface area contributed by atoms with Gasteiger partial charge in [0.15, 0.2) is 5.65 Å². The van der Waals surface area contributed by atoms with Gasteiger partial charge in [0.25, 0.3) is 0 Å². The minimum atomic E-state index is 0.330. The van der Waals surface area contributed by atoms with Crippen molar-refractivity contribution in [3.05, 3.63) is 22.8 Å². The molecule has 0 radical (unpaired) electrons. The zero-order chi connectivity index (χ0) is 11.0. The van der Waals surface area contributed by atoms with Crippen molar-refractivity contribution < 1.29 is 4.74 Å². The summed E-state index contributed by atoms with van der Waals surface area (Å²) in [4.78, 5) is 4.41. The van der Waals surface area contributed by atoms with E-state index in [-0.39, 0.29) is 0 Å². The molecule has 16 heavy (non-hydrogen) atoms. The predicted octanol–water partition coefficient (Wildman–Crippen LogP) is 1.69. The highest BCUT2D eigenvalue weighted by atomic mass is 79.9. The van der Waals surface area contributed by atoms with Crippen LogP contribution in [-0.2, 0) is 4.74 Å². The van der Waals surface area contributed by atoms with Crippen LogP contribution >= 0.6 is 15.9 Å². The third kappa shape index (κ3) is 1.78. The molecule has 1 aliphatic heterocycles. The molecule has 2 aromatic heterocycles. The van der Waals surface area contributed by atoms with Crippen LogP contribution < -0.4 is 5.32 Å². The van der Waals surface area contributed by atoms with E-state index in [1.54, 1.807) is 4.52 Å². The molecule has 0 amide bonds. The van der Waals surface area contributed by atoms with Gasteiger partial charge >= 0.3 is 0 Å². The van der Waals surface area contributed by atoms with Gasteiger partial charge in [0.2, 0.25) is 5.95 Å². The highest BCUT2D eigenvalue weighted by molar-refractivity contribution is 9.10. The number of rotatable bonds is 2. The molecule has 1 atom stereocenters. The lowest BCUT2D eigenvalue weighted by molar-refractivity contribution is 0.195. The van der Waals surface area contributed by atoms with Crippen LogP contribution in [0.3, 0.4) is 0 Å². The van der Waals surface area contributed by atoms with Crippen molar-refractivity contribution in [1.82, 2.24) is 14.6 Å². The molecule has 1 N–H and O–H groups in total. The first-order valence-corrected chi connectivity index (χ1v) is 5.97. The third-order valence-electron chi connectivity index (χ3n) is 2.58. The molecule has 0 aromatic carbocycles. The van der Waals surface area contributed by atoms with Crippen LogP contribution in [0.5, 0.6) is 0 Å². The second kappa shape index (κ2) is 4.03. The fourth-order valence-electron chi connectivity index (χ4n) is 1.77. The number of ether oxygens (including phenoxy) is 1. The molecule has 2 aromatic rings. The van der Waals surface area contributed by atoms with Crippen LogP contribution in [-0.4, -0.2) is 33.9 Å². The van der Waals surface area contributed by atoms with E-state index in [1.165, 1.54) is 0 Å². The maximum Gasteiger partial charge on any atom is 0.243 e. The second-order valence-corrected chi connectivity index (χ2v) is 4.62. The quantitative estimate of drug-likeness (QED) is 0.911. The van der Waals surface area contributed by atoms with Crippen LogP contribution in [0.1, 0.15) is 6.42 Å². The molecule has 1 unspecified atom stereocenters. The van der Waals surface area contributed by atoms with Crippen molar-refractivity contribution in [2.24, 2.45) is 0 Å². The number of pyridine rings is 1. The van der Waals surface area contributed by atoms with Gasteiger partial charge < -0.3 is 10.1 Å². The van der Waals surface area contributed by atoms with Crippen molar-refractivity contribution in [3.8, 4) is 0 Å². The molecule has 3 heterocycles. The van der Waals surface area contributed by atoms with Gasteiger partial charge in [-0.25, -0.2) is 4.52 Å².